The Bertz CT molecular complexity index is 544. The van der Waals surface area contributed by atoms with Crippen molar-refractivity contribution >= 4 is 23.8 Å². The van der Waals surface area contributed by atoms with E-state index in [1.165, 1.54) is 0 Å². The predicted octanol–water partition coefficient (Wildman–Crippen LogP) is 2.20. The summed E-state index contributed by atoms with van der Waals surface area (Å²) >= 11 is 0. The molecule has 0 fully saturated rings. The second-order valence-corrected chi connectivity index (χ2v) is 5.56. The number of carboxylic acids is 1. The molecule has 7 heteroatoms. The van der Waals surface area contributed by atoms with Gasteiger partial charge in [-0.25, -0.2) is 9.59 Å². The van der Waals surface area contributed by atoms with Gasteiger partial charge in [0.15, 0.2) is 0 Å². The van der Waals surface area contributed by atoms with E-state index in [0.717, 1.165) is 0 Å². The molecule has 1 rings (SSSR count). The Kier molecular flexibility index (Phi) is 5.91. The highest BCUT2D eigenvalue weighted by Crippen LogP contribution is 2.11. The van der Waals surface area contributed by atoms with Crippen molar-refractivity contribution in [2.45, 2.75) is 32.8 Å². The highest BCUT2D eigenvalue weighted by atomic mass is 16.7. The summed E-state index contributed by atoms with van der Waals surface area (Å²) in [4.78, 5) is 33.3. The molecule has 22 heavy (non-hydrogen) atoms. The SMILES string of the molecule is CC(C)(C)OC(=O)OC(=O)CNc1ccc(CC(=O)O)cc1. The van der Waals surface area contributed by atoms with Crippen LogP contribution in [0.3, 0.4) is 0 Å². The van der Waals surface area contributed by atoms with Crippen LogP contribution in [0.4, 0.5) is 10.5 Å². The first-order chi connectivity index (χ1) is 10.2. The average Bonchev–Trinajstić information content (AvgIpc) is 2.34. The van der Waals surface area contributed by atoms with Gasteiger partial charge in [-0.05, 0) is 38.5 Å². The Labute approximate surface area is 128 Å². The fourth-order valence-corrected chi connectivity index (χ4v) is 1.49. The van der Waals surface area contributed by atoms with E-state index < -0.39 is 23.7 Å². The molecular formula is C15H19NO6. The number of esters is 1. The normalized spacial score (nSPS) is 10.7. The van der Waals surface area contributed by atoms with Crippen LogP contribution in [0.2, 0.25) is 0 Å². The van der Waals surface area contributed by atoms with Crippen LogP contribution in [-0.4, -0.2) is 35.3 Å². The number of aliphatic carboxylic acids is 1. The summed E-state index contributed by atoms with van der Waals surface area (Å²) in [7, 11) is 0. The van der Waals surface area contributed by atoms with Crippen LogP contribution in [0.1, 0.15) is 26.3 Å². The second kappa shape index (κ2) is 7.44. The van der Waals surface area contributed by atoms with E-state index in [2.05, 4.69) is 10.1 Å². The number of carboxylic acid groups (broad SMARTS) is 1. The number of hydrogen-bond donors (Lipinski definition) is 2. The summed E-state index contributed by atoms with van der Waals surface area (Å²) in [6.45, 7) is 4.78. The molecule has 0 spiro atoms. The number of nitrogens with one attached hydrogen (secondary N) is 1. The highest BCUT2D eigenvalue weighted by Gasteiger charge is 2.20. The molecule has 2 N–H and O–H groups in total. The molecule has 0 atom stereocenters. The molecule has 7 nitrogen and oxygen atoms in total. The zero-order valence-corrected chi connectivity index (χ0v) is 12.7. The van der Waals surface area contributed by atoms with Gasteiger partial charge in [-0.3, -0.25) is 4.79 Å². The fraction of sp³-hybridized carbons (Fsp3) is 0.400. The smallest absolute Gasteiger partial charge is 0.481 e. The molecule has 0 radical (unpaired) electrons. The van der Waals surface area contributed by atoms with Crippen molar-refractivity contribution in [2.24, 2.45) is 0 Å². The van der Waals surface area contributed by atoms with Crippen LogP contribution < -0.4 is 5.32 Å². The Hall–Kier alpha value is -2.57. The number of benzene rings is 1. The third-order valence-corrected chi connectivity index (χ3v) is 2.33. The van der Waals surface area contributed by atoms with Gasteiger partial charge in [0.2, 0.25) is 0 Å². The molecule has 0 unspecified atom stereocenters. The average molecular weight is 309 g/mol. The third kappa shape index (κ3) is 7.28. The second-order valence-electron chi connectivity index (χ2n) is 5.56. The first-order valence-electron chi connectivity index (χ1n) is 6.64. The van der Waals surface area contributed by atoms with Crippen molar-refractivity contribution in [1.29, 1.82) is 0 Å². The van der Waals surface area contributed by atoms with E-state index in [4.69, 9.17) is 9.84 Å². The lowest BCUT2D eigenvalue weighted by atomic mass is 10.1. The van der Waals surface area contributed by atoms with Crippen molar-refractivity contribution in [1.82, 2.24) is 0 Å². The molecule has 0 saturated carbocycles. The molecule has 0 saturated heterocycles. The molecule has 1 aromatic carbocycles. The highest BCUT2D eigenvalue weighted by molar-refractivity contribution is 5.84. The van der Waals surface area contributed by atoms with Crippen molar-refractivity contribution in [3.63, 3.8) is 0 Å². The summed E-state index contributed by atoms with van der Waals surface area (Å²) < 4.78 is 9.33. The topological polar surface area (TPSA) is 102 Å². The fourth-order valence-electron chi connectivity index (χ4n) is 1.49. The van der Waals surface area contributed by atoms with E-state index in [9.17, 15) is 14.4 Å². The van der Waals surface area contributed by atoms with Gasteiger partial charge < -0.3 is 19.9 Å². The van der Waals surface area contributed by atoms with Crippen molar-refractivity contribution < 1.29 is 29.0 Å². The minimum atomic E-state index is -1.05. The zero-order chi connectivity index (χ0) is 16.8. The van der Waals surface area contributed by atoms with Crippen LogP contribution in [0.25, 0.3) is 0 Å². The molecule has 0 aliphatic heterocycles. The van der Waals surface area contributed by atoms with E-state index >= 15 is 0 Å². The summed E-state index contributed by atoms with van der Waals surface area (Å²) in [5.74, 6) is -1.69. The number of carbonyl (C=O) groups is 3. The zero-order valence-electron chi connectivity index (χ0n) is 12.7. The van der Waals surface area contributed by atoms with Gasteiger partial charge in [-0.1, -0.05) is 12.1 Å². The van der Waals surface area contributed by atoms with E-state index in [-0.39, 0.29) is 13.0 Å². The van der Waals surface area contributed by atoms with Crippen LogP contribution in [0.5, 0.6) is 0 Å². The number of ether oxygens (including phenoxy) is 2. The minimum absolute atomic E-state index is 0.0685. The van der Waals surface area contributed by atoms with Crippen LogP contribution >= 0.6 is 0 Å². The van der Waals surface area contributed by atoms with Gasteiger partial charge in [0, 0.05) is 5.69 Å². The van der Waals surface area contributed by atoms with E-state index in [1.54, 1.807) is 45.0 Å². The third-order valence-electron chi connectivity index (χ3n) is 2.33. The minimum Gasteiger partial charge on any atom is -0.481 e. The summed E-state index contributed by atoms with van der Waals surface area (Å²) in [5.41, 5.74) is 0.523. The summed E-state index contributed by atoms with van der Waals surface area (Å²) in [5, 5.41) is 11.4. The molecular weight excluding hydrogens is 290 g/mol. The molecule has 0 bridgehead atoms. The van der Waals surface area contributed by atoms with Gasteiger partial charge in [-0.2, -0.15) is 0 Å². The van der Waals surface area contributed by atoms with Crippen LogP contribution in [0, 0.1) is 0 Å². The van der Waals surface area contributed by atoms with Crippen molar-refractivity contribution in [2.75, 3.05) is 11.9 Å². The molecule has 1 aromatic rings. The Morgan fingerprint density at radius 3 is 2.23 bits per heavy atom. The van der Waals surface area contributed by atoms with Crippen LogP contribution in [-0.2, 0) is 25.5 Å². The quantitative estimate of drug-likeness (QED) is 0.635. The standard InChI is InChI=1S/C15H19NO6/c1-15(2,3)22-14(20)21-13(19)9-16-11-6-4-10(5-7-11)8-12(17)18/h4-7,16H,8-9H2,1-3H3,(H,17,18). The maximum absolute atomic E-state index is 11.5. The summed E-state index contributed by atoms with van der Waals surface area (Å²) in [6, 6.07) is 6.55. The molecule has 0 heterocycles. The van der Waals surface area contributed by atoms with E-state index in [0.29, 0.717) is 11.3 Å². The molecule has 0 aliphatic carbocycles. The monoisotopic (exact) mass is 309 g/mol. The predicted molar refractivity (Wildman–Crippen MR) is 78.6 cm³/mol. The number of hydrogen-bond acceptors (Lipinski definition) is 6. The lowest BCUT2D eigenvalue weighted by Gasteiger charge is -2.18. The largest absolute Gasteiger partial charge is 0.516 e. The molecule has 120 valence electrons. The Morgan fingerprint density at radius 1 is 1.14 bits per heavy atom. The summed E-state index contributed by atoms with van der Waals surface area (Å²) in [6.07, 6.45) is -1.11. The Morgan fingerprint density at radius 2 is 1.73 bits per heavy atom. The van der Waals surface area contributed by atoms with Crippen molar-refractivity contribution in [3.8, 4) is 0 Å². The molecule has 0 aromatic heterocycles. The maximum atomic E-state index is 11.5. The first-order valence-corrected chi connectivity index (χ1v) is 6.64. The van der Waals surface area contributed by atoms with Gasteiger partial charge in [-0.15, -0.1) is 0 Å². The number of rotatable bonds is 5. The maximum Gasteiger partial charge on any atom is 0.516 e. The van der Waals surface area contributed by atoms with E-state index in [1.807, 2.05) is 0 Å². The van der Waals surface area contributed by atoms with Gasteiger partial charge in [0.1, 0.15) is 12.1 Å². The Balaban J connectivity index is 2.41. The molecule has 0 amide bonds. The number of carbonyl (C=O) groups excluding carboxylic acids is 2. The van der Waals surface area contributed by atoms with Gasteiger partial charge in [0.25, 0.3) is 0 Å². The lowest BCUT2D eigenvalue weighted by Crippen LogP contribution is -2.28. The van der Waals surface area contributed by atoms with Gasteiger partial charge >= 0.3 is 18.1 Å². The van der Waals surface area contributed by atoms with Crippen LogP contribution in [0.15, 0.2) is 24.3 Å². The first kappa shape index (κ1) is 17.5. The van der Waals surface area contributed by atoms with Crippen molar-refractivity contribution in [3.05, 3.63) is 29.8 Å². The molecule has 0 aliphatic rings. The lowest BCUT2D eigenvalue weighted by molar-refractivity contribution is -0.139. The van der Waals surface area contributed by atoms with Gasteiger partial charge in [0.05, 0.1) is 6.42 Å². The number of anilines is 1.